The summed E-state index contributed by atoms with van der Waals surface area (Å²) in [6.45, 7) is 13.1. The number of esters is 1. The van der Waals surface area contributed by atoms with Gasteiger partial charge in [-0.15, -0.1) is 0 Å². The zero-order chi connectivity index (χ0) is 20.3. The predicted molar refractivity (Wildman–Crippen MR) is 102 cm³/mol. The van der Waals surface area contributed by atoms with Gasteiger partial charge in [0, 0.05) is 25.2 Å². The number of carbonyl (C=O) groups excluding carboxylic acids is 1. The molecule has 1 aromatic rings. The van der Waals surface area contributed by atoms with E-state index in [0.29, 0.717) is 42.7 Å². The molecule has 0 atom stereocenters. The van der Waals surface area contributed by atoms with E-state index in [-0.39, 0.29) is 5.56 Å². The van der Waals surface area contributed by atoms with E-state index in [1.165, 1.54) is 0 Å². The minimum absolute atomic E-state index is 0.270. The maximum atomic E-state index is 12.8. The summed E-state index contributed by atoms with van der Waals surface area (Å²) in [6, 6.07) is 3.59. The van der Waals surface area contributed by atoms with Gasteiger partial charge in [0.05, 0.1) is 31.0 Å². The van der Waals surface area contributed by atoms with Gasteiger partial charge in [-0.2, -0.15) is 0 Å². The standard InChI is InChI=1S/C20H27BO7/c1-18(2)19(3,4)28-21(27-18)13-7-8-14(24-11-12-9-23-10-12)15-16(13)25-20(5,6)26-17(15)22/h7-8,12H,9-11H2,1-6H3. The Bertz CT molecular complexity index is 782. The molecule has 3 aliphatic heterocycles. The largest absolute Gasteiger partial charge is 0.498 e. The molecule has 3 heterocycles. The van der Waals surface area contributed by atoms with Crippen LogP contribution in [0.5, 0.6) is 11.5 Å². The summed E-state index contributed by atoms with van der Waals surface area (Å²) in [6.07, 6.45) is 0. The van der Waals surface area contributed by atoms with E-state index in [9.17, 15) is 4.79 Å². The van der Waals surface area contributed by atoms with Crippen LogP contribution in [0.25, 0.3) is 0 Å². The van der Waals surface area contributed by atoms with Crippen LogP contribution in [0.4, 0.5) is 0 Å². The van der Waals surface area contributed by atoms with Crippen LogP contribution >= 0.6 is 0 Å². The Kier molecular flexibility index (Phi) is 4.45. The number of hydrogen-bond acceptors (Lipinski definition) is 7. The van der Waals surface area contributed by atoms with E-state index < -0.39 is 30.1 Å². The van der Waals surface area contributed by atoms with Gasteiger partial charge in [0.2, 0.25) is 5.79 Å². The zero-order valence-electron chi connectivity index (χ0n) is 17.3. The van der Waals surface area contributed by atoms with Gasteiger partial charge in [-0.1, -0.05) is 6.07 Å². The molecule has 2 fully saturated rings. The maximum Gasteiger partial charge on any atom is 0.498 e. The smallest absolute Gasteiger partial charge is 0.492 e. The summed E-state index contributed by atoms with van der Waals surface area (Å²) < 4.78 is 34.9. The minimum atomic E-state index is -1.09. The molecule has 8 heteroatoms. The normalized spacial score (nSPS) is 24.8. The first-order chi connectivity index (χ1) is 13.0. The van der Waals surface area contributed by atoms with Crippen LogP contribution < -0.4 is 14.9 Å². The molecule has 0 saturated carbocycles. The van der Waals surface area contributed by atoms with Crippen LogP contribution in [0.2, 0.25) is 0 Å². The summed E-state index contributed by atoms with van der Waals surface area (Å²) in [5.74, 6) is -0.423. The highest BCUT2D eigenvalue weighted by Crippen LogP contribution is 2.41. The first kappa shape index (κ1) is 19.5. The molecule has 0 aromatic heterocycles. The number of benzene rings is 1. The number of ether oxygens (including phenoxy) is 4. The molecule has 1 aromatic carbocycles. The third-order valence-corrected chi connectivity index (χ3v) is 5.73. The number of fused-ring (bicyclic) bond motifs is 1. The highest BCUT2D eigenvalue weighted by molar-refractivity contribution is 6.63. The van der Waals surface area contributed by atoms with Crippen molar-refractivity contribution in [1.82, 2.24) is 0 Å². The number of carbonyl (C=O) groups is 1. The summed E-state index contributed by atoms with van der Waals surface area (Å²) in [5, 5.41) is 0. The third kappa shape index (κ3) is 3.27. The molecule has 0 amide bonds. The molecule has 0 radical (unpaired) electrons. The van der Waals surface area contributed by atoms with E-state index in [1.807, 2.05) is 33.8 Å². The molecule has 0 unspecified atom stereocenters. The van der Waals surface area contributed by atoms with Crippen LogP contribution in [0.15, 0.2) is 12.1 Å². The second kappa shape index (κ2) is 6.37. The number of rotatable bonds is 4. The van der Waals surface area contributed by atoms with Crippen LogP contribution in [-0.4, -0.2) is 49.9 Å². The molecule has 0 aliphatic carbocycles. The van der Waals surface area contributed by atoms with Crippen molar-refractivity contribution < 1.29 is 33.1 Å². The zero-order valence-corrected chi connectivity index (χ0v) is 17.3. The van der Waals surface area contributed by atoms with Crippen molar-refractivity contribution in [1.29, 1.82) is 0 Å². The number of cyclic esters (lactones) is 1. The fourth-order valence-electron chi connectivity index (χ4n) is 3.29. The molecule has 2 saturated heterocycles. The average Bonchev–Trinajstić information content (AvgIpc) is 2.72. The van der Waals surface area contributed by atoms with Crippen molar-refractivity contribution in [3.8, 4) is 11.5 Å². The molecule has 4 rings (SSSR count). The SMILES string of the molecule is CC1(C)OC(=O)c2c(OCC3COC3)ccc(B3OC(C)(C)C(C)(C)O3)c2O1. The molecule has 3 aliphatic rings. The quantitative estimate of drug-likeness (QED) is 0.577. The lowest BCUT2D eigenvalue weighted by Gasteiger charge is -2.34. The Labute approximate surface area is 165 Å². The second-order valence-electron chi connectivity index (χ2n) is 9.05. The van der Waals surface area contributed by atoms with Crippen molar-refractivity contribution in [2.45, 2.75) is 58.5 Å². The van der Waals surface area contributed by atoms with Crippen LogP contribution in [0.3, 0.4) is 0 Å². The molecular weight excluding hydrogens is 363 g/mol. The Balaban J connectivity index is 1.72. The molecule has 0 N–H and O–H groups in total. The summed E-state index contributed by atoms with van der Waals surface area (Å²) >= 11 is 0. The summed E-state index contributed by atoms with van der Waals surface area (Å²) in [7, 11) is -0.658. The fourth-order valence-corrected chi connectivity index (χ4v) is 3.29. The van der Waals surface area contributed by atoms with E-state index in [4.69, 9.17) is 28.3 Å². The third-order valence-electron chi connectivity index (χ3n) is 5.73. The van der Waals surface area contributed by atoms with Crippen LogP contribution in [0, 0.1) is 5.92 Å². The molecule has 0 spiro atoms. The van der Waals surface area contributed by atoms with Crippen LogP contribution in [0.1, 0.15) is 51.9 Å². The van der Waals surface area contributed by atoms with E-state index in [0.717, 1.165) is 0 Å². The maximum absolute atomic E-state index is 12.8. The molecule has 0 bridgehead atoms. The first-order valence-electron chi connectivity index (χ1n) is 9.64. The first-order valence-corrected chi connectivity index (χ1v) is 9.64. The highest BCUT2D eigenvalue weighted by Gasteiger charge is 2.53. The van der Waals surface area contributed by atoms with Gasteiger partial charge >= 0.3 is 13.1 Å². The van der Waals surface area contributed by atoms with Gasteiger partial charge in [0.25, 0.3) is 0 Å². The van der Waals surface area contributed by atoms with Crippen LogP contribution in [-0.2, 0) is 18.8 Å². The number of hydrogen-bond donors (Lipinski definition) is 0. The molecule has 152 valence electrons. The Morgan fingerprint density at radius 2 is 1.68 bits per heavy atom. The van der Waals surface area contributed by atoms with E-state index in [2.05, 4.69) is 0 Å². The fraction of sp³-hybridized carbons (Fsp3) is 0.650. The topological polar surface area (TPSA) is 72.5 Å². The second-order valence-corrected chi connectivity index (χ2v) is 9.05. The Hall–Kier alpha value is -1.77. The lowest BCUT2D eigenvalue weighted by atomic mass is 9.77. The van der Waals surface area contributed by atoms with Crippen molar-refractivity contribution >= 4 is 18.6 Å². The van der Waals surface area contributed by atoms with E-state index in [1.54, 1.807) is 19.9 Å². The van der Waals surface area contributed by atoms with Gasteiger partial charge < -0.3 is 28.3 Å². The van der Waals surface area contributed by atoms with Crippen molar-refractivity contribution in [2.24, 2.45) is 5.92 Å². The summed E-state index contributed by atoms with van der Waals surface area (Å²) in [5.41, 5.74) is -0.0898. The monoisotopic (exact) mass is 390 g/mol. The van der Waals surface area contributed by atoms with Gasteiger partial charge in [0.1, 0.15) is 17.1 Å². The lowest BCUT2D eigenvalue weighted by Crippen LogP contribution is -2.45. The molecular formula is C20H27BO7. The van der Waals surface area contributed by atoms with Crippen molar-refractivity contribution in [2.75, 3.05) is 19.8 Å². The molecule has 28 heavy (non-hydrogen) atoms. The van der Waals surface area contributed by atoms with E-state index >= 15 is 0 Å². The van der Waals surface area contributed by atoms with Gasteiger partial charge in [-0.25, -0.2) is 4.79 Å². The van der Waals surface area contributed by atoms with Gasteiger partial charge in [0.15, 0.2) is 0 Å². The highest BCUT2D eigenvalue weighted by atomic mass is 16.7. The molecule has 7 nitrogen and oxygen atoms in total. The summed E-state index contributed by atoms with van der Waals surface area (Å²) in [4.78, 5) is 12.8. The Morgan fingerprint density at radius 1 is 1.04 bits per heavy atom. The predicted octanol–water partition coefficient (Wildman–Crippen LogP) is 2.30. The van der Waals surface area contributed by atoms with Gasteiger partial charge in [-0.05, 0) is 33.8 Å². The average molecular weight is 390 g/mol. The Morgan fingerprint density at radius 3 is 2.25 bits per heavy atom. The van der Waals surface area contributed by atoms with Gasteiger partial charge in [-0.3, -0.25) is 0 Å². The van der Waals surface area contributed by atoms with Crippen molar-refractivity contribution in [3.63, 3.8) is 0 Å². The lowest BCUT2D eigenvalue weighted by molar-refractivity contribution is -0.127. The minimum Gasteiger partial charge on any atom is -0.492 e. The van der Waals surface area contributed by atoms with Crippen molar-refractivity contribution in [3.05, 3.63) is 17.7 Å².